The predicted octanol–water partition coefficient (Wildman–Crippen LogP) is 4.40. The molecule has 0 aliphatic heterocycles. The first-order valence-electron chi connectivity index (χ1n) is 10.9. The normalized spacial score (nSPS) is 13.1. The largest absolute Gasteiger partial charge is 0.352 e. The minimum atomic E-state index is -3.87. The molecule has 2 amide bonds. The van der Waals surface area contributed by atoms with E-state index in [-0.39, 0.29) is 29.2 Å². The average molecular weight is 529 g/mol. The molecule has 0 bridgehead atoms. The van der Waals surface area contributed by atoms with Gasteiger partial charge in [-0.1, -0.05) is 54.4 Å². The quantitative estimate of drug-likeness (QED) is 0.495. The Labute approximate surface area is 212 Å². The van der Waals surface area contributed by atoms with Gasteiger partial charge in [0.05, 0.1) is 17.0 Å². The van der Waals surface area contributed by atoms with Crippen molar-refractivity contribution in [3.05, 3.63) is 63.6 Å². The van der Waals surface area contributed by atoms with Crippen LogP contribution in [0.5, 0.6) is 0 Å². The highest BCUT2D eigenvalue weighted by atomic mass is 35.5. The van der Waals surface area contributed by atoms with Crippen LogP contribution in [-0.2, 0) is 26.2 Å². The second-order valence-corrected chi connectivity index (χ2v) is 11.1. The number of sulfonamides is 1. The lowest BCUT2D eigenvalue weighted by Crippen LogP contribution is -2.52. The van der Waals surface area contributed by atoms with Crippen LogP contribution >= 0.6 is 23.2 Å². The van der Waals surface area contributed by atoms with E-state index < -0.39 is 28.5 Å². The molecule has 2 atom stereocenters. The fourth-order valence-electron chi connectivity index (χ4n) is 3.30. The zero-order valence-corrected chi connectivity index (χ0v) is 22.3. The first-order chi connectivity index (χ1) is 15.8. The highest BCUT2D eigenvalue weighted by Gasteiger charge is 2.31. The van der Waals surface area contributed by atoms with Crippen LogP contribution in [0.4, 0.5) is 5.69 Å². The van der Waals surface area contributed by atoms with Crippen molar-refractivity contribution in [2.75, 3.05) is 17.1 Å². The highest BCUT2D eigenvalue weighted by molar-refractivity contribution is 7.92. The van der Waals surface area contributed by atoms with Gasteiger partial charge >= 0.3 is 0 Å². The van der Waals surface area contributed by atoms with Crippen LogP contribution in [0.3, 0.4) is 0 Å². The lowest BCUT2D eigenvalue weighted by Gasteiger charge is -2.32. The third-order valence-corrected chi connectivity index (χ3v) is 7.29. The molecule has 2 rings (SSSR count). The van der Waals surface area contributed by atoms with Gasteiger partial charge in [-0.15, -0.1) is 0 Å². The van der Waals surface area contributed by atoms with Crippen molar-refractivity contribution in [2.45, 2.75) is 52.7 Å². The van der Waals surface area contributed by atoms with Crippen LogP contribution in [0.15, 0.2) is 42.5 Å². The Morgan fingerprint density at radius 1 is 1.09 bits per heavy atom. The molecule has 0 saturated carbocycles. The van der Waals surface area contributed by atoms with Crippen LogP contribution in [0, 0.1) is 6.92 Å². The zero-order valence-electron chi connectivity index (χ0n) is 20.0. The van der Waals surface area contributed by atoms with Gasteiger partial charge in [-0.05, 0) is 56.5 Å². The Kier molecular flexibility index (Phi) is 9.79. The molecular weight excluding hydrogens is 497 g/mol. The number of rotatable bonds is 10. The number of amides is 2. The number of nitrogens with zero attached hydrogens (tertiary/aromatic N) is 2. The summed E-state index contributed by atoms with van der Waals surface area (Å²) in [7, 11) is -3.87. The number of aryl methyl sites for hydroxylation is 1. The third kappa shape index (κ3) is 7.35. The summed E-state index contributed by atoms with van der Waals surface area (Å²) in [5, 5.41) is 3.33. The summed E-state index contributed by atoms with van der Waals surface area (Å²) < 4.78 is 26.2. The van der Waals surface area contributed by atoms with E-state index in [1.165, 1.54) is 23.1 Å². The molecule has 0 fully saturated rings. The first-order valence-corrected chi connectivity index (χ1v) is 13.5. The van der Waals surface area contributed by atoms with Crippen LogP contribution in [-0.4, -0.2) is 50.0 Å². The number of hydrogen-bond acceptors (Lipinski definition) is 4. The molecule has 0 heterocycles. The van der Waals surface area contributed by atoms with Crippen molar-refractivity contribution >= 4 is 50.7 Å². The number of benzene rings is 2. The lowest BCUT2D eigenvalue weighted by atomic mass is 10.1. The second-order valence-electron chi connectivity index (χ2n) is 8.31. The summed E-state index contributed by atoms with van der Waals surface area (Å²) in [6.45, 7) is 7.00. The van der Waals surface area contributed by atoms with Crippen LogP contribution in [0.25, 0.3) is 0 Å². The summed E-state index contributed by atoms with van der Waals surface area (Å²) in [6, 6.07) is 11.0. The van der Waals surface area contributed by atoms with Crippen LogP contribution in [0.1, 0.15) is 38.3 Å². The molecule has 0 radical (unpaired) electrons. The Morgan fingerprint density at radius 3 is 2.29 bits per heavy atom. The summed E-state index contributed by atoms with van der Waals surface area (Å²) in [6.07, 6.45) is 1.73. The molecule has 0 aromatic heterocycles. The molecule has 2 aromatic carbocycles. The zero-order chi connectivity index (χ0) is 25.6. The molecule has 7 nitrogen and oxygen atoms in total. The standard InChI is InChI=1S/C24H31Cl2N3O4S/c1-6-17(3)27-24(31)18(4)28(14-19-10-8-7-9-16(19)2)23(30)15-29(34(5,32)33)22-12-11-20(25)13-21(22)26/h7-13,17-18H,6,14-15H2,1-5H3,(H,27,31). The molecule has 0 saturated heterocycles. The lowest BCUT2D eigenvalue weighted by molar-refractivity contribution is -0.139. The van der Waals surface area contributed by atoms with Gasteiger partial charge in [0.25, 0.3) is 0 Å². The molecule has 10 heteroatoms. The molecule has 34 heavy (non-hydrogen) atoms. The Balaban J connectivity index is 2.43. The van der Waals surface area contributed by atoms with Crippen molar-refractivity contribution in [2.24, 2.45) is 0 Å². The van der Waals surface area contributed by atoms with Gasteiger partial charge in [0.2, 0.25) is 21.8 Å². The van der Waals surface area contributed by atoms with Gasteiger partial charge < -0.3 is 10.2 Å². The van der Waals surface area contributed by atoms with Gasteiger partial charge in [0.1, 0.15) is 12.6 Å². The van der Waals surface area contributed by atoms with Crippen LogP contribution < -0.4 is 9.62 Å². The third-order valence-electron chi connectivity index (χ3n) is 5.63. The SMILES string of the molecule is CCC(C)NC(=O)C(C)N(Cc1ccccc1C)C(=O)CN(c1ccc(Cl)cc1Cl)S(C)(=O)=O. The molecule has 186 valence electrons. The molecule has 2 unspecified atom stereocenters. The molecule has 2 aromatic rings. The van der Waals surface area contributed by atoms with E-state index in [0.717, 1.165) is 28.1 Å². The Hall–Kier alpha value is -2.29. The van der Waals surface area contributed by atoms with Crippen molar-refractivity contribution in [3.8, 4) is 0 Å². The maximum absolute atomic E-state index is 13.5. The minimum Gasteiger partial charge on any atom is -0.352 e. The number of carbonyl (C=O) groups is 2. The summed E-state index contributed by atoms with van der Waals surface area (Å²) in [4.78, 5) is 27.8. The van der Waals surface area contributed by atoms with Crippen molar-refractivity contribution in [1.29, 1.82) is 0 Å². The summed E-state index contributed by atoms with van der Waals surface area (Å²) >= 11 is 12.2. The van der Waals surface area contributed by atoms with Crippen molar-refractivity contribution in [3.63, 3.8) is 0 Å². The highest BCUT2D eigenvalue weighted by Crippen LogP contribution is 2.30. The molecule has 0 aliphatic carbocycles. The van der Waals surface area contributed by atoms with Gasteiger partial charge in [-0.25, -0.2) is 8.42 Å². The van der Waals surface area contributed by atoms with Gasteiger partial charge in [0.15, 0.2) is 0 Å². The smallest absolute Gasteiger partial charge is 0.244 e. The Bertz CT molecular complexity index is 1140. The van der Waals surface area contributed by atoms with Gasteiger partial charge in [-0.3, -0.25) is 13.9 Å². The van der Waals surface area contributed by atoms with Gasteiger partial charge in [0, 0.05) is 17.6 Å². The van der Waals surface area contributed by atoms with E-state index in [2.05, 4.69) is 5.32 Å². The minimum absolute atomic E-state index is 0.0641. The number of halogens is 2. The number of carbonyl (C=O) groups excluding carboxylic acids is 2. The Morgan fingerprint density at radius 2 is 1.74 bits per heavy atom. The van der Waals surface area contributed by atoms with E-state index in [9.17, 15) is 18.0 Å². The van der Waals surface area contributed by atoms with E-state index in [0.29, 0.717) is 5.02 Å². The monoisotopic (exact) mass is 527 g/mol. The molecule has 0 spiro atoms. The van der Waals surface area contributed by atoms with E-state index in [4.69, 9.17) is 23.2 Å². The fraction of sp³-hybridized carbons (Fsp3) is 0.417. The summed E-state index contributed by atoms with van der Waals surface area (Å²) in [5.74, 6) is -0.849. The predicted molar refractivity (Wildman–Crippen MR) is 138 cm³/mol. The van der Waals surface area contributed by atoms with Crippen LogP contribution in [0.2, 0.25) is 10.0 Å². The van der Waals surface area contributed by atoms with E-state index in [1.54, 1.807) is 6.92 Å². The van der Waals surface area contributed by atoms with E-state index in [1.807, 2.05) is 45.0 Å². The topological polar surface area (TPSA) is 86.8 Å². The fourth-order valence-corrected chi connectivity index (χ4v) is 4.72. The van der Waals surface area contributed by atoms with Gasteiger partial charge in [-0.2, -0.15) is 0 Å². The van der Waals surface area contributed by atoms with Crippen molar-refractivity contribution in [1.82, 2.24) is 10.2 Å². The van der Waals surface area contributed by atoms with E-state index >= 15 is 0 Å². The molecule has 1 N–H and O–H groups in total. The second kappa shape index (κ2) is 11.9. The maximum Gasteiger partial charge on any atom is 0.244 e. The summed E-state index contributed by atoms with van der Waals surface area (Å²) in [5.41, 5.74) is 1.94. The number of hydrogen-bond donors (Lipinski definition) is 1. The molecular formula is C24H31Cl2N3O4S. The number of anilines is 1. The number of nitrogens with one attached hydrogen (secondary N) is 1. The molecule has 0 aliphatic rings. The average Bonchev–Trinajstić information content (AvgIpc) is 2.76. The first kappa shape index (κ1) is 28.0. The van der Waals surface area contributed by atoms with Crippen molar-refractivity contribution < 1.29 is 18.0 Å². The maximum atomic E-state index is 13.5.